The maximum absolute atomic E-state index is 11.8. The van der Waals surface area contributed by atoms with E-state index in [0.717, 1.165) is 47.5 Å². The van der Waals surface area contributed by atoms with Gasteiger partial charge < -0.3 is 28.8 Å². The van der Waals surface area contributed by atoms with Gasteiger partial charge in [-0.05, 0) is 42.7 Å². The largest absolute Gasteiger partial charge is 0.368 e. The van der Waals surface area contributed by atoms with Gasteiger partial charge >= 0.3 is 15.2 Å². The van der Waals surface area contributed by atoms with Gasteiger partial charge in [0.1, 0.15) is 0 Å². The van der Waals surface area contributed by atoms with Crippen LogP contribution in [0.25, 0.3) is 10.2 Å². The Hall–Kier alpha value is -0.610. The molecule has 0 aliphatic carbocycles. The van der Waals surface area contributed by atoms with E-state index in [2.05, 4.69) is 14.9 Å². The Balaban J connectivity index is 1.47. The van der Waals surface area contributed by atoms with Crippen LogP contribution in [0.5, 0.6) is 0 Å². The monoisotopic (exact) mass is 497 g/mol. The fraction of sp³-hybridized carbons (Fsp3) is 0.625. The van der Waals surface area contributed by atoms with Gasteiger partial charge in [0.25, 0.3) is 0 Å². The molecule has 2 aliphatic rings. The third-order valence-electron chi connectivity index (χ3n) is 5.08. The lowest BCUT2D eigenvalue weighted by atomic mass is 10.1. The van der Waals surface area contributed by atoms with Crippen molar-refractivity contribution in [3.8, 4) is 0 Å². The quantitative estimate of drug-likeness (QED) is 0.384. The van der Waals surface area contributed by atoms with E-state index >= 15 is 0 Å². The summed E-state index contributed by atoms with van der Waals surface area (Å²) in [6.07, 6.45) is 2.74. The average molecular weight is 498 g/mol. The van der Waals surface area contributed by atoms with Gasteiger partial charge in [0, 0.05) is 18.7 Å². The number of fused-ring (bicyclic) bond motifs is 1. The van der Waals surface area contributed by atoms with Gasteiger partial charge in [0.15, 0.2) is 11.7 Å². The minimum Gasteiger partial charge on any atom is -0.368 e. The number of ether oxygens (including phenoxy) is 1. The van der Waals surface area contributed by atoms with Crippen molar-refractivity contribution >= 4 is 54.2 Å². The molecule has 0 bridgehead atoms. The molecule has 0 amide bonds. The zero-order valence-electron chi connectivity index (χ0n) is 15.9. The molecule has 2 aromatic heterocycles. The normalized spacial score (nSPS) is 24.6. The highest BCUT2D eigenvalue weighted by molar-refractivity contribution is 7.70. The Bertz CT molecular complexity index is 1030. The fourth-order valence-electron chi connectivity index (χ4n) is 3.80. The molecule has 2 aromatic rings. The number of hydrogen-bond donors (Lipinski definition) is 3. The second kappa shape index (κ2) is 8.73. The third kappa shape index (κ3) is 5.23. The van der Waals surface area contributed by atoms with Crippen LogP contribution in [-0.2, 0) is 18.4 Å². The highest BCUT2D eigenvalue weighted by Gasteiger charge is 2.35. The molecule has 2 aliphatic heterocycles. The van der Waals surface area contributed by atoms with E-state index in [4.69, 9.17) is 30.6 Å². The predicted octanol–water partition coefficient (Wildman–Crippen LogP) is 3.50. The second-order valence-electron chi connectivity index (χ2n) is 7.44. The van der Waals surface area contributed by atoms with E-state index in [-0.39, 0.29) is 18.0 Å². The first-order valence-electron chi connectivity index (χ1n) is 9.47. The van der Waals surface area contributed by atoms with Crippen molar-refractivity contribution in [1.82, 2.24) is 9.97 Å². The van der Waals surface area contributed by atoms with Crippen molar-refractivity contribution in [3.63, 3.8) is 0 Å². The summed E-state index contributed by atoms with van der Waals surface area (Å²) in [6, 6.07) is 0. The van der Waals surface area contributed by atoms with E-state index in [1.165, 1.54) is 0 Å². The molecule has 0 saturated carbocycles. The summed E-state index contributed by atoms with van der Waals surface area (Å²) in [6.45, 7) is 1.65. The topological polar surface area (TPSA) is 142 Å². The molecule has 4 heterocycles. The van der Waals surface area contributed by atoms with Gasteiger partial charge in [-0.15, -0.1) is 11.3 Å². The van der Waals surface area contributed by atoms with Crippen LogP contribution in [-0.4, -0.2) is 56.4 Å². The van der Waals surface area contributed by atoms with E-state index in [1.807, 2.05) is 5.38 Å². The van der Waals surface area contributed by atoms with Crippen LogP contribution in [0.4, 0.5) is 5.82 Å². The van der Waals surface area contributed by atoms with E-state index < -0.39 is 27.2 Å². The van der Waals surface area contributed by atoms with Crippen LogP contribution in [0, 0.1) is 0 Å². The van der Waals surface area contributed by atoms with Crippen molar-refractivity contribution in [2.45, 2.75) is 37.9 Å². The molecule has 3 N–H and O–H groups in total. The van der Waals surface area contributed by atoms with Crippen molar-refractivity contribution in [2.24, 2.45) is 0 Å². The van der Waals surface area contributed by atoms with Crippen molar-refractivity contribution < 1.29 is 33.1 Å². The molecule has 2 fully saturated rings. The Labute approximate surface area is 181 Å². The van der Waals surface area contributed by atoms with Crippen LogP contribution in [0.15, 0.2) is 5.38 Å². The molecule has 10 nitrogen and oxygen atoms in total. The molecule has 0 aromatic carbocycles. The molecule has 166 valence electrons. The first-order valence-corrected chi connectivity index (χ1v) is 14.3. The predicted molar refractivity (Wildman–Crippen MR) is 113 cm³/mol. The number of hydrogen-bond acceptors (Lipinski definition) is 8. The van der Waals surface area contributed by atoms with Crippen molar-refractivity contribution in [3.05, 3.63) is 16.2 Å². The van der Waals surface area contributed by atoms with Crippen LogP contribution < -0.4 is 4.90 Å². The van der Waals surface area contributed by atoms with Crippen molar-refractivity contribution in [2.75, 3.05) is 30.5 Å². The summed E-state index contributed by atoms with van der Waals surface area (Å²) in [5, 5.41) is 2.16. The van der Waals surface area contributed by atoms with Crippen LogP contribution >= 0.6 is 38.1 Å². The standard InChI is InChI=1S/C16H22ClN3O7P2S/c17-16-18-13-11(8-30-14(13)15(19-16)20-5-1-2-6-20)12-4-3-10(27-12)7-26-29(24,25)9-28(21,22)23/h8,10,12H,1-7,9H2,(H,24,25)(H2,21,22,23)/t10-,12+/m0/s1. The van der Waals surface area contributed by atoms with Gasteiger partial charge in [0.05, 0.1) is 29.0 Å². The van der Waals surface area contributed by atoms with Gasteiger partial charge in [-0.2, -0.15) is 4.98 Å². The SMILES string of the molecule is O=P(O)(O)CP(=O)(O)OC[C@@H]1CC[C@H](c2csc3c(N4CCCC4)nc(Cl)nc23)O1. The number of anilines is 1. The first-order chi connectivity index (χ1) is 14.1. The van der Waals surface area contributed by atoms with E-state index in [0.29, 0.717) is 12.8 Å². The minimum atomic E-state index is -4.65. The number of halogens is 1. The van der Waals surface area contributed by atoms with Gasteiger partial charge in [-0.3, -0.25) is 9.13 Å². The summed E-state index contributed by atoms with van der Waals surface area (Å²) in [5.41, 5.74) is 1.65. The minimum absolute atomic E-state index is 0.181. The highest BCUT2D eigenvalue weighted by Crippen LogP contribution is 2.55. The lowest BCUT2D eigenvalue weighted by Gasteiger charge is -2.18. The summed E-state index contributed by atoms with van der Waals surface area (Å²) < 4.78 is 34.6. The zero-order chi connectivity index (χ0) is 21.5. The second-order valence-corrected chi connectivity index (χ2v) is 12.7. The Kier molecular flexibility index (Phi) is 6.57. The van der Waals surface area contributed by atoms with E-state index in [9.17, 15) is 14.0 Å². The van der Waals surface area contributed by atoms with Gasteiger partial charge in [-0.25, -0.2) is 4.98 Å². The number of aromatic nitrogens is 2. The number of nitrogens with zero attached hydrogens (tertiary/aromatic N) is 3. The molecular formula is C16H22ClN3O7P2S. The molecule has 14 heteroatoms. The van der Waals surface area contributed by atoms with Crippen LogP contribution in [0.2, 0.25) is 5.28 Å². The summed E-state index contributed by atoms with van der Waals surface area (Å²) in [4.78, 5) is 38.4. The van der Waals surface area contributed by atoms with Crippen molar-refractivity contribution in [1.29, 1.82) is 0 Å². The van der Waals surface area contributed by atoms with Gasteiger partial charge in [-0.1, -0.05) is 0 Å². The molecule has 0 radical (unpaired) electrons. The Morgan fingerprint density at radius 3 is 2.67 bits per heavy atom. The zero-order valence-corrected chi connectivity index (χ0v) is 19.2. The Morgan fingerprint density at radius 2 is 1.97 bits per heavy atom. The number of rotatable bonds is 7. The maximum atomic E-state index is 11.8. The molecular weight excluding hydrogens is 476 g/mol. The lowest BCUT2D eigenvalue weighted by Crippen LogP contribution is -2.19. The molecule has 1 unspecified atom stereocenters. The summed E-state index contributed by atoms with van der Waals surface area (Å²) in [7, 11) is -9.05. The third-order valence-corrected chi connectivity index (χ3v) is 9.69. The number of thiophene rings is 1. The lowest BCUT2D eigenvalue weighted by molar-refractivity contribution is 0.0156. The maximum Gasteiger partial charge on any atom is 0.340 e. The average Bonchev–Trinajstić information content (AvgIpc) is 3.37. The molecule has 30 heavy (non-hydrogen) atoms. The smallest absolute Gasteiger partial charge is 0.340 e. The summed E-state index contributed by atoms with van der Waals surface area (Å²) in [5.74, 6) is -0.365. The molecule has 4 rings (SSSR count). The molecule has 0 spiro atoms. The Morgan fingerprint density at radius 1 is 1.23 bits per heavy atom. The van der Waals surface area contributed by atoms with Gasteiger partial charge in [0.2, 0.25) is 5.28 Å². The summed E-state index contributed by atoms with van der Waals surface area (Å²) >= 11 is 7.73. The first kappa shape index (κ1) is 22.6. The fourth-order valence-corrected chi connectivity index (χ4v) is 7.61. The van der Waals surface area contributed by atoms with E-state index in [1.54, 1.807) is 11.3 Å². The van der Waals surface area contributed by atoms with Crippen LogP contribution in [0.1, 0.15) is 37.4 Å². The molecule has 3 atom stereocenters. The molecule has 2 saturated heterocycles. The highest BCUT2D eigenvalue weighted by atomic mass is 35.5. The van der Waals surface area contributed by atoms with Crippen LogP contribution in [0.3, 0.4) is 0 Å².